The topological polar surface area (TPSA) is 48.8 Å². The molecule has 0 rings (SSSR count). The predicted octanol–water partition coefficient (Wildman–Crippen LogP) is 2.73. The highest BCUT2D eigenvalue weighted by molar-refractivity contribution is 4.55. The first-order valence-electron chi connectivity index (χ1n) is 3.32. The lowest BCUT2D eigenvalue weighted by Gasteiger charge is -2.02. The molecule has 52 valence electrons. The zero-order valence-corrected chi connectivity index (χ0v) is 6.04. The van der Waals surface area contributed by atoms with Gasteiger partial charge in [0.25, 0.3) is 0 Å². The molecule has 0 heterocycles. The minimum absolute atomic E-state index is 0.547. The van der Waals surface area contributed by atoms with E-state index in [0.29, 0.717) is 12.5 Å². The van der Waals surface area contributed by atoms with E-state index < -0.39 is 0 Å². The Kier molecular flexibility index (Phi) is 5.03. The maximum absolute atomic E-state index is 7.94. The van der Waals surface area contributed by atoms with Gasteiger partial charge in [0.1, 0.15) is 0 Å². The van der Waals surface area contributed by atoms with Crippen molar-refractivity contribution in [3.05, 3.63) is 10.4 Å². The fourth-order valence-corrected chi connectivity index (χ4v) is 0.760. The Morgan fingerprint density at radius 2 is 2.33 bits per heavy atom. The van der Waals surface area contributed by atoms with E-state index in [1.807, 2.05) is 0 Å². The third kappa shape index (κ3) is 5.18. The molecular weight excluding hydrogens is 114 g/mol. The molecule has 0 aromatic heterocycles. The third-order valence-corrected chi connectivity index (χ3v) is 1.24. The van der Waals surface area contributed by atoms with E-state index in [-0.39, 0.29) is 0 Å². The molecule has 0 radical (unpaired) electrons. The number of rotatable bonds is 4. The van der Waals surface area contributed by atoms with Gasteiger partial charge in [-0.2, -0.15) is 0 Å². The molecule has 3 heteroatoms. The fourth-order valence-electron chi connectivity index (χ4n) is 0.760. The number of nitrogens with zero attached hydrogens (tertiary/aromatic N) is 3. The molecule has 0 unspecified atom stereocenters. The van der Waals surface area contributed by atoms with Crippen LogP contribution in [0.3, 0.4) is 0 Å². The summed E-state index contributed by atoms with van der Waals surface area (Å²) < 4.78 is 0. The molecule has 0 amide bonds. The highest BCUT2D eigenvalue weighted by atomic mass is 15.1. The minimum Gasteiger partial charge on any atom is -0.0937 e. The maximum Gasteiger partial charge on any atom is 0.0283 e. The highest BCUT2D eigenvalue weighted by Crippen LogP contribution is 2.04. The lowest BCUT2D eigenvalue weighted by molar-refractivity contribution is 0.535. The summed E-state index contributed by atoms with van der Waals surface area (Å²) >= 11 is 0. The minimum atomic E-state index is 0.547. The third-order valence-electron chi connectivity index (χ3n) is 1.24. The summed E-state index contributed by atoms with van der Waals surface area (Å²) in [6.45, 7) is 4.87. The van der Waals surface area contributed by atoms with Gasteiger partial charge in [0.05, 0.1) is 0 Å². The van der Waals surface area contributed by atoms with Crippen molar-refractivity contribution in [2.75, 3.05) is 6.54 Å². The van der Waals surface area contributed by atoms with Crippen molar-refractivity contribution in [2.24, 2.45) is 11.0 Å². The Morgan fingerprint density at radius 3 is 2.78 bits per heavy atom. The Bertz CT molecular complexity index is 105. The summed E-state index contributed by atoms with van der Waals surface area (Å²) in [7, 11) is 0. The molecule has 0 saturated carbocycles. The summed E-state index contributed by atoms with van der Waals surface area (Å²) in [6, 6.07) is 0. The van der Waals surface area contributed by atoms with Gasteiger partial charge in [-0.1, -0.05) is 31.8 Å². The lowest BCUT2D eigenvalue weighted by Crippen LogP contribution is -1.96. The molecule has 0 bridgehead atoms. The van der Waals surface area contributed by atoms with Crippen molar-refractivity contribution in [1.82, 2.24) is 0 Å². The Labute approximate surface area is 55.7 Å². The largest absolute Gasteiger partial charge is 0.0937 e. The molecular formula is C6H13N3. The zero-order chi connectivity index (χ0) is 7.11. The van der Waals surface area contributed by atoms with Crippen molar-refractivity contribution >= 4 is 0 Å². The van der Waals surface area contributed by atoms with Crippen LogP contribution in [0.5, 0.6) is 0 Å². The SMILES string of the molecule is CCC[C@H](C)CN=[N+]=[N-]. The van der Waals surface area contributed by atoms with E-state index in [0.717, 1.165) is 6.42 Å². The Hall–Kier alpha value is -0.690. The van der Waals surface area contributed by atoms with Crippen LogP contribution in [0.4, 0.5) is 0 Å². The number of hydrogen-bond donors (Lipinski definition) is 0. The normalized spacial score (nSPS) is 12.2. The molecule has 0 aliphatic carbocycles. The zero-order valence-electron chi connectivity index (χ0n) is 6.04. The number of hydrogen-bond acceptors (Lipinski definition) is 1. The van der Waals surface area contributed by atoms with Crippen LogP contribution in [-0.2, 0) is 0 Å². The van der Waals surface area contributed by atoms with Crippen LogP contribution >= 0.6 is 0 Å². The second kappa shape index (κ2) is 5.45. The van der Waals surface area contributed by atoms with E-state index in [4.69, 9.17) is 5.53 Å². The van der Waals surface area contributed by atoms with Crippen LogP contribution in [-0.4, -0.2) is 6.54 Å². The van der Waals surface area contributed by atoms with Crippen LogP contribution in [0.1, 0.15) is 26.7 Å². The van der Waals surface area contributed by atoms with E-state index >= 15 is 0 Å². The summed E-state index contributed by atoms with van der Waals surface area (Å²) in [5.74, 6) is 0.547. The van der Waals surface area contributed by atoms with E-state index in [9.17, 15) is 0 Å². The van der Waals surface area contributed by atoms with Gasteiger partial charge in [0.2, 0.25) is 0 Å². The summed E-state index contributed by atoms with van der Waals surface area (Å²) in [5, 5.41) is 3.47. The van der Waals surface area contributed by atoms with Gasteiger partial charge < -0.3 is 0 Å². The van der Waals surface area contributed by atoms with Gasteiger partial charge in [-0.25, -0.2) is 0 Å². The Balaban J connectivity index is 3.25. The predicted molar refractivity (Wildman–Crippen MR) is 38.1 cm³/mol. The molecule has 1 atom stereocenters. The van der Waals surface area contributed by atoms with Crippen LogP contribution in [0, 0.1) is 5.92 Å². The van der Waals surface area contributed by atoms with Gasteiger partial charge in [-0.15, -0.1) is 0 Å². The monoisotopic (exact) mass is 127 g/mol. The molecule has 0 aromatic carbocycles. The van der Waals surface area contributed by atoms with E-state index in [2.05, 4.69) is 23.9 Å². The molecule has 3 nitrogen and oxygen atoms in total. The van der Waals surface area contributed by atoms with Crippen LogP contribution in [0.25, 0.3) is 10.4 Å². The van der Waals surface area contributed by atoms with Crippen LogP contribution in [0.2, 0.25) is 0 Å². The standard InChI is InChI=1S/C6H13N3/c1-3-4-6(2)5-8-9-7/h6H,3-5H2,1-2H3/t6-/m0/s1. The van der Waals surface area contributed by atoms with Crippen molar-refractivity contribution in [3.8, 4) is 0 Å². The summed E-state index contributed by atoms with van der Waals surface area (Å²) in [4.78, 5) is 2.68. The molecule has 0 aliphatic rings. The quantitative estimate of drug-likeness (QED) is 0.317. The first-order valence-corrected chi connectivity index (χ1v) is 3.32. The van der Waals surface area contributed by atoms with Crippen LogP contribution in [0.15, 0.2) is 5.11 Å². The fraction of sp³-hybridized carbons (Fsp3) is 1.00. The molecule has 0 aromatic rings. The first-order chi connectivity index (χ1) is 4.31. The van der Waals surface area contributed by atoms with Gasteiger partial charge in [0, 0.05) is 11.5 Å². The molecule has 0 spiro atoms. The molecule has 9 heavy (non-hydrogen) atoms. The molecule has 0 aliphatic heterocycles. The van der Waals surface area contributed by atoms with Crippen molar-refractivity contribution < 1.29 is 0 Å². The maximum atomic E-state index is 7.94. The lowest BCUT2D eigenvalue weighted by atomic mass is 10.1. The van der Waals surface area contributed by atoms with E-state index in [1.54, 1.807) is 0 Å². The molecule has 0 N–H and O–H groups in total. The summed E-state index contributed by atoms with van der Waals surface area (Å²) in [6.07, 6.45) is 2.32. The highest BCUT2D eigenvalue weighted by Gasteiger charge is 1.95. The summed E-state index contributed by atoms with van der Waals surface area (Å²) in [5.41, 5.74) is 7.94. The van der Waals surface area contributed by atoms with Crippen molar-refractivity contribution in [1.29, 1.82) is 0 Å². The van der Waals surface area contributed by atoms with Crippen LogP contribution < -0.4 is 0 Å². The number of azide groups is 1. The van der Waals surface area contributed by atoms with Crippen molar-refractivity contribution in [3.63, 3.8) is 0 Å². The van der Waals surface area contributed by atoms with Gasteiger partial charge in [0.15, 0.2) is 0 Å². The van der Waals surface area contributed by atoms with E-state index in [1.165, 1.54) is 6.42 Å². The second-order valence-electron chi connectivity index (χ2n) is 2.31. The average molecular weight is 127 g/mol. The average Bonchev–Trinajstić information content (AvgIpc) is 1.85. The molecule has 0 saturated heterocycles. The van der Waals surface area contributed by atoms with Gasteiger partial charge in [-0.3, -0.25) is 0 Å². The molecule has 0 fully saturated rings. The Morgan fingerprint density at radius 1 is 1.67 bits per heavy atom. The van der Waals surface area contributed by atoms with Gasteiger partial charge >= 0.3 is 0 Å². The smallest absolute Gasteiger partial charge is 0.0283 e. The van der Waals surface area contributed by atoms with Gasteiger partial charge in [-0.05, 0) is 11.4 Å². The first kappa shape index (κ1) is 8.31. The second-order valence-corrected chi connectivity index (χ2v) is 2.31. The van der Waals surface area contributed by atoms with Crippen molar-refractivity contribution in [2.45, 2.75) is 26.7 Å².